The Bertz CT molecular complexity index is 1180. The third kappa shape index (κ3) is 7.28. The number of carbonyl (C=O) groups is 2. The molecule has 0 aromatic heterocycles. The molecular weight excluding hydrogens is 500 g/mol. The van der Waals surface area contributed by atoms with Crippen molar-refractivity contribution in [3.05, 3.63) is 84.0 Å². The number of carbonyl (C=O) groups excluding carboxylic acids is 2. The third-order valence-corrected chi connectivity index (χ3v) is 8.27. The minimum Gasteiger partial charge on any atom is -0.497 e. The number of methoxy groups -OCH3 is 1. The average molecular weight is 537 g/mol. The molecule has 1 aliphatic carbocycles. The van der Waals surface area contributed by atoms with Crippen molar-refractivity contribution in [2.75, 3.05) is 26.7 Å². The van der Waals surface area contributed by atoms with Crippen molar-refractivity contribution in [3.63, 3.8) is 0 Å². The van der Waals surface area contributed by atoms with Gasteiger partial charge in [-0.1, -0.05) is 55.5 Å². The summed E-state index contributed by atoms with van der Waals surface area (Å²) >= 11 is 0. The van der Waals surface area contributed by atoms with Gasteiger partial charge in [-0.3, -0.25) is 9.69 Å². The van der Waals surface area contributed by atoms with Crippen molar-refractivity contribution < 1.29 is 23.3 Å². The molecular formula is C30H36N2O5S. The molecule has 7 nitrogen and oxygen atoms in total. The summed E-state index contributed by atoms with van der Waals surface area (Å²) in [6.45, 7) is 3.69. The van der Waals surface area contributed by atoms with E-state index >= 15 is 0 Å². The number of esters is 1. The zero-order valence-corrected chi connectivity index (χ0v) is 22.8. The molecule has 2 aromatic rings. The number of allylic oxidation sites excluding steroid dienone is 3. The van der Waals surface area contributed by atoms with E-state index in [2.05, 4.69) is 16.5 Å². The second kappa shape index (κ2) is 13.6. The van der Waals surface area contributed by atoms with E-state index < -0.39 is 23.0 Å². The molecule has 1 fully saturated rings. The van der Waals surface area contributed by atoms with Gasteiger partial charge >= 0.3 is 5.97 Å². The van der Waals surface area contributed by atoms with Crippen LogP contribution in [0.2, 0.25) is 0 Å². The number of ketones is 1. The molecule has 0 radical (unpaired) electrons. The fourth-order valence-electron chi connectivity index (χ4n) is 4.88. The van der Waals surface area contributed by atoms with E-state index in [0.717, 1.165) is 37.8 Å². The molecule has 0 spiro atoms. The molecule has 1 saturated heterocycles. The van der Waals surface area contributed by atoms with E-state index in [0.29, 0.717) is 29.3 Å². The summed E-state index contributed by atoms with van der Waals surface area (Å²) < 4.78 is 27.4. The monoisotopic (exact) mass is 536 g/mol. The van der Waals surface area contributed by atoms with E-state index in [1.165, 1.54) is 0 Å². The SMILES string of the molecule is CCC1CCN(CC(=O)C2=CCCC=C2)C[C@@H]1OC(=O)C(NS(=O)c1ccc(OC)cc1)c1ccccc1. The first-order chi connectivity index (χ1) is 18.5. The number of ether oxygens (including phenoxy) is 2. The Morgan fingerprint density at radius 1 is 1.11 bits per heavy atom. The molecule has 0 saturated carbocycles. The van der Waals surface area contributed by atoms with Crippen molar-refractivity contribution in [1.29, 1.82) is 0 Å². The molecule has 0 bridgehead atoms. The maximum Gasteiger partial charge on any atom is 0.329 e. The Kier molecular flexibility index (Phi) is 10.0. The Balaban J connectivity index is 1.46. The van der Waals surface area contributed by atoms with Crippen molar-refractivity contribution in [2.24, 2.45) is 5.92 Å². The summed E-state index contributed by atoms with van der Waals surface area (Å²) in [7, 11) is -0.0826. The van der Waals surface area contributed by atoms with Crippen LogP contribution in [0, 0.1) is 5.92 Å². The van der Waals surface area contributed by atoms with Gasteiger partial charge in [0, 0.05) is 12.1 Å². The molecule has 202 valence electrons. The number of benzene rings is 2. The van der Waals surface area contributed by atoms with E-state index in [1.54, 1.807) is 31.4 Å². The van der Waals surface area contributed by atoms with Crippen LogP contribution in [0.5, 0.6) is 5.75 Å². The van der Waals surface area contributed by atoms with Gasteiger partial charge in [-0.05, 0) is 68.0 Å². The lowest BCUT2D eigenvalue weighted by molar-refractivity contribution is -0.157. The number of piperidine rings is 1. The maximum atomic E-state index is 13.6. The van der Waals surface area contributed by atoms with Crippen molar-refractivity contribution in [2.45, 2.75) is 49.6 Å². The number of hydrogen-bond acceptors (Lipinski definition) is 6. The number of likely N-dealkylation sites (tertiary alicyclic amines) is 1. The number of Topliss-reactive ketones (excluding diaryl/α,β-unsaturated/α-hetero) is 1. The minimum atomic E-state index is -1.65. The summed E-state index contributed by atoms with van der Waals surface area (Å²) in [5, 5.41) is 0. The van der Waals surface area contributed by atoms with Crippen LogP contribution in [-0.2, 0) is 25.3 Å². The van der Waals surface area contributed by atoms with Crippen LogP contribution in [0.1, 0.15) is 44.2 Å². The smallest absolute Gasteiger partial charge is 0.329 e. The molecule has 2 aromatic carbocycles. The van der Waals surface area contributed by atoms with Crippen LogP contribution in [-0.4, -0.2) is 53.7 Å². The van der Waals surface area contributed by atoms with Crippen LogP contribution in [0.3, 0.4) is 0 Å². The van der Waals surface area contributed by atoms with Crippen molar-refractivity contribution in [1.82, 2.24) is 9.62 Å². The highest BCUT2D eigenvalue weighted by molar-refractivity contribution is 7.83. The van der Waals surface area contributed by atoms with E-state index in [-0.39, 0.29) is 17.8 Å². The third-order valence-electron chi connectivity index (χ3n) is 7.12. The molecule has 2 aliphatic rings. The average Bonchev–Trinajstić information content (AvgIpc) is 2.96. The lowest BCUT2D eigenvalue weighted by Crippen LogP contribution is -2.48. The molecule has 1 aliphatic heterocycles. The summed E-state index contributed by atoms with van der Waals surface area (Å²) in [6.07, 6.45) is 9.16. The van der Waals surface area contributed by atoms with E-state index in [9.17, 15) is 13.8 Å². The molecule has 8 heteroatoms. The van der Waals surface area contributed by atoms with Crippen molar-refractivity contribution in [3.8, 4) is 5.75 Å². The van der Waals surface area contributed by atoms with E-state index in [1.807, 2.05) is 48.6 Å². The van der Waals surface area contributed by atoms with Gasteiger partial charge in [-0.2, -0.15) is 0 Å². The molecule has 38 heavy (non-hydrogen) atoms. The predicted octanol–water partition coefficient (Wildman–Crippen LogP) is 4.54. The number of hydrogen-bond donors (Lipinski definition) is 1. The van der Waals surface area contributed by atoms with Gasteiger partial charge in [0.05, 0.1) is 18.6 Å². The zero-order chi connectivity index (χ0) is 26.9. The summed E-state index contributed by atoms with van der Waals surface area (Å²) in [5.41, 5.74) is 1.43. The van der Waals surface area contributed by atoms with Crippen molar-refractivity contribution >= 4 is 22.7 Å². The fraction of sp³-hybridized carbons (Fsp3) is 0.400. The molecule has 0 amide bonds. The van der Waals surface area contributed by atoms with Gasteiger partial charge < -0.3 is 9.47 Å². The number of rotatable bonds is 11. The van der Waals surface area contributed by atoms with Crippen LogP contribution in [0.4, 0.5) is 0 Å². The molecule has 3 unspecified atom stereocenters. The van der Waals surface area contributed by atoms with Crippen LogP contribution < -0.4 is 9.46 Å². The fourth-order valence-corrected chi connectivity index (χ4v) is 5.84. The van der Waals surface area contributed by atoms with Gasteiger partial charge in [-0.15, -0.1) is 0 Å². The highest BCUT2D eigenvalue weighted by Crippen LogP contribution is 2.27. The summed E-state index contributed by atoms with van der Waals surface area (Å²) in [5.74, 6) is 0.474. The maximum absolute atomic E-state index is 13.6. The van der Waals surface area contributed by atoms with Gasteiger partial charge in [0.25, 0.3) is 0 Å². The minimum absolute atomic E-state index is 0.0969. The first kappa shape index (κ1) is 28.0. The second-order valence-corrected chi connectivity index (χ2v) is 10.9. The Hall–Kier alpha value is -3.07. The second-order valence-electron chi connectivity index (χ2n) is 9.64. The van der Waals surface area contributed by atoms with E-state index in [4.69, 9.17) is 9.47 Å². The van der Waals surface area contributed by atoms with Gasteiger partial charge in [-0.25, -0.2) is 13.7 Å². The lowest BCUT2D eigenvalue weighted by Gasteiger charge is -2.38. The van der Waals surface area contributed by atoms with Gasteiger partial charge in [0.15, 0.2) is 5.78 Å². The molecule has 1 heterocycles. The number of nitrogens with one attached hydrogen (secondary N) is 1. The molecule has 4 rings (SSSR count). The Labute approximate surface area is 227 Å². The summed E-state index contributed by atoms with van der Waals surface area (Å²) in [4.78, 5) is 29.0. The Morgan fingerprint density at radius 2 is 1.87 bits per heavy atom. The normalized spacial score (nSPS) is 21.3. The predicted molar refractivity (Wildman–Crippen MR) is 148 cm³/mol. The quantitative estimate of drug-likeness (QED) is 0.425. The van der Waals surface area contributed by atoms with Crippen LogP contribution in [0.25, 0.3) is 0 Å². The highest BCUT2D eigenvalue weighted by atomic mass is 32.2. The standard InChI is InChI=1S/C30H36N2O5S/c1-3-22-18-19-32(20-27(33)23-10-6-4-7-11-23)21-28(22)37-30(34)29(24-12-8-5-9-13-24)31-38(35)26-16-14-25(36-2)15-17-26/h5-6,8-17,22,28-29,31H,3-4,7,18-21H2,1-2H3/t22?,28-,29?,38?/m0/s1. The first-order valence-corrected chi connectivity index (χ1v) is 14.3. The zero-order valence-electron chi connectivity index (χ0n) is 22.0. The largest absolute Gasteiger partial charge is 0.497 e. The Morgan fingerprint density at radius 3 is 2.53 bits per heavy atom. The topological polar surface area (TPSA) is 84.9 Å². The first-order valence-electron chi connectivity index (χ1n) is 13.2. The van der Waals surface area contributed by atoms with Crippen LogP contribution >= 0.6 is 0 Å². The highest BCUT2D eigenvalue weighted by Gasteiger charge is 2.35. The van der Waals surface area contributed by atoms with Gasteiger partial charge in [0.2, 0.25) is 0 Å². The molecule has 1 N–H and O–H groups in total. The van der Waals surface area contributed by atoms with Gasteiger partial charge in [0.1, 0.15) is 28.9 Å². The lowest BCUT2D eigenvalue weighted by atomic mass is 9.90. The number of nitrogens with zero attached hydrogens (tertiary/aromatic N) is 1. The van der Waals surface area contributed by atoms with Crippen LogP contribution in [0.15, 0.2) is 83.3 Å². The molecule has 4 atom stereocenters. The summed E-state index contributed by atoms with van der Waals surface area (Å²) in [6, 6.07) is 15.1.